The third kappa shape index (κ3) is 3.02. The van der Waals surface area contributed by atoms with Gasteiger partial charge in [-0.2, -0.15) is 0 Å². The molecule has 6 heteroatoms. The maximum atomic E-state index is 11.8. The molecule has 26 heavy (non-hydrogen) atoms. The predicted octanol–water partition coefficient (Wildman–Crippen LogP) is 4.49. The fourth-order valence-electron chi connectivity index (χ4n) is 3.24. The van der Waals surface area contributed by atoms with Crippen molar-refractivity contribution in [3.8, 4) is 0 Å². The molecule has 1 aliphatic heterocycles. The van der Waals surface area contributed by atoms with Crippen molar-refractivity contribution in [2.24, 2.45) is 0 Å². The summed E-state index contributed by atoms with van der Waals surface area (Å²) in [5.41, 5.74) is 3.86. The Morgan fingerprint density at radius 2 is 2.12 bits per heavy atom. The predicted molar refractivity (Wildman–Crippen MR) is 105 cm³/mol. The number of hydrogen-bond acceptors (Lipinski definition) is 4. The van der Waals surface area contributed by atoms with Gasteiger partial charge in [0.15, 0.2) is 0 Å². The number of benzene rings is 2. The van der Waals surface area contributed by atoms with Crippen LogP contribution in [-0.2, 0) is 11.2 Å². The zero-order valence-electron chi connectivity index (χ0n) is 14.2. The Morgan fingerprint density at radius 3 is 2.96 bits per heavy atom. The molecule has 0 bridgehead atoms. The number of carbonyl (C=O) groups is 1. The maximum absolute atomic E-state index is 11.8. The second kappa shape index (κ2) is 6.77. The molecular weight excluding hydrogens is 348 g/mol. The van der Waals surface area contributed by atoms with Crippen molar-refractivity contribution in [3.63, 3.8) is 0 Å². The van der Waals surface area contributed by atoms with Gasteiger partial charge in [0.25, 0.3) is 0 Å². The van der Waals surface area contributed by atoms with E-state index in [-0.39, 0.29) is 5.91 Å². The van der Waals surface area contributed by atoms with Gasteiger partial charge in [0.2, 0.25) is 5.91 Å². The summed E-state index contributed by atoms with van der Waals surface area (Å²) in [6.45, 7) is 2.64. The minimum Gasteiger partial charge on any atom is -0.325 e. The fourth-order valence-corrected chi connectivity index (χ4v) is 3.41. The molecule has 2 aromatic carbocycles. The van der Waals surface area contributed by atoms with Crippen LogP contribution in [0.25, 0.3) is 10.9 Å². The molecule has 3 aromatic rings. The van der Waals surface area contributed by atoms with Gasteiger partial charge in [-0.25, -0.2) is 9.97 Å². The largest absolute Gasteiger partial charge is 0.325 e. The van der Waals surface area contributed by atoms with Crippen molar-refractivity contribution in [2.45, 2.75) is 13.3 Å². The summed E-state index contributed by atoms with van der Waals surface area (Å²) < 4.78 is 0. The number of fused-ring (bicyclic) bond motifs is 2. The van der Waals surface area contributed by atoms with Crippen LogP contribution in [-0.4, -0.2) is 22.4 Å². The Labute approximate surface area is 156 Å². The highest BCUT2D eigenvalue weighted by Gasteiger charge is 2.23. The van der Waals surface area contributed by atoms with E-state index in [1.165, 1.54) is 11.6 Å². The second-order valence-corrected chi connectivity index (χ2v) is 6.53. The van der Waals surface area contributed by atoms with Crippen LogP contribution in [0, 0.1) is 0 Å². The molecule has 1 amide bonds. The van der Waals surface area contributed by atoms with E-state index in [1.54, 1.807) is 12.4 Å². The van der Waals surface area contributed by atoms with Gasteiger partial charge in [0.05, 0.1) is 5.52 Å². The van der Waals surface area contributed by atoms with Crippen molar-refractivity contribution in [3.05, 3.63) is 65.5 Å². The van der Waals surface area contributed by atoms with Gasteiger partial charge in [0, 0.05) is 28.3 Å². The number of anilines is 3. The summed E-state index contributed by atoms with van der Waals surface area (Å²) in [5.74, 6) is 0.654. The molecule has 1 aromatic heterocycles. The highest BCUT2D eigenvalue weighted by molar-refractivity contribution is 6.31. The summed E-state index contributed by atoms with van der Waals surface area (Å²) >= 11 is 6.19. The number of rotatable bonds is 3. The lowest BCUT2D eigenvalue weighted by molar-refractivity contribution is -0.111. The first-order chi connectivity index (χ1) is 12.7. The number of nitrogens with zero attached hydrogens (tertiary/aromatic N) is 3. The molecule has 1 N–H and O–H groups in total. The van der Waals surface area contributed by atoms with Crippen LogP contribution in [0.15, 0.2) is 54.9 Å². The van der Waals surface area contributed by atoms with Crippen LogP contribution in [0.3, 0.4) is 0 Å². The SMILES string of the molecule is CC=CC(=O)Nc1ccc2ncnc(N3CCc4ccc(Cl)cc43)c2c1. The summed E-state index contributed by atoms with van der Waals surface area (Å²) in [7, 11) is 0. The topological polar surface area (TPSA) is 58.1 Å². The molecule has 0 unspecified atom stereocenters. The molecule has 130 valence electrons. The highest BCUT2D eigenvalue weighted by atomic mass is 35.5. The van der Waals surface area contributed by atoms with Gasteiger partial charge in [0.1, 0.15) is 12.1 Å². The molecule has 0 saturated heterocycles. The van der Waals surface area contributed by atoms with Crippen LogP contribution >= 0.6 is 11.6 Å². The second-order valence-electron chi connectivity index (χ2n) is 6.09. The van der Waals surface area contributed by atoms with E-state index in [0.717, 1.165) is 35.4 Å². The number of amides is 1. The molecule has 5 nitrogen and oxygen atoms in total. The lowest BCUT2D eigenvalue weighted by atomic mass is 10.1. The Balaban J connectivity index is 1.79. The zero-order valence-corrected chi connectivity index (χ0v) is 15.0. The first-order valence-corrected chi connectivity index (χ1v) is 8.78. The quantitative estimate of drug-likeness (QED) is 0.695. The van der Waals surface area contributed by atoms with Crippen molar-refractivity contribution in [1.82, 2.24) is 9.97 Å². The van der Waals surface area contributed by atoms with Crippen molar-refractivity contribution in [1.29, 1.82) is 0 Å². The number of hydrogen-bond donors (Lipinski definition) is 1. The lowest BCUT2D eigenvalue weighted by Crippen LogP contribution is -2.15. The molecule has 0 aliphatic carbocycles. The summed E-state index contributed by atoms with van der Waals surface area (Å²) in [5, 5.41) is 4.45. The molecular formula is C20H17ClN4O. The van der Waals surface area contributed by atoms with E-state index < -0.39 is 0 Å². The fraction of sp³-hybridized carbons (Fsp3) is 0.150. The summed E-state index contributed by atoms with van der Waals surface area (Å²) in [4.78, 5) is 22.9. The monoisotopic (exact) mass is 364 g/mol. The van der Waals surface area contributed by atoms with Gasteiger partial charge < -0.3 is 10.2 Å². The molecule has 0 radical (unpaired) electrons. The minimum absolute atomic E-state index is 0.163. The molecule has 0 fully saturated rings. The van der Waals surface area contributed by atoms with Crippen LogP contribution in [0.5, 0.6) is 0 Å². The standard InChI is InChI=1S/C20H17ClN4O/c1-2-3-19(26)24-15-6-7-17-16(11-15)20(23-12-22-17)25-9-8-13-4-5-14(21)10-18(13)25/h2-7,10-12H,8-9H2,1H3,(H,24,26). The average Bonchev–Trinajstić information content (AvgIpc) is 3.04. The van der Waals surface area contributed by atoms with Gasteiger partial charge in [-0.3, -0.25) is 4.79 Å². The Morgan fingerprint density at radius 1 is 1.23 bits per heavy atom. The molecule has 2 heterocycles. The third-order valence-electron chi connectivity index (χ3n) is 4.40. The van der Waals surface area contributed by atoms with Crippen LogP contribution in [0.2, 0.25) is 5.02 Å². The third-order valence-corrected chi connectivity index (χ3v) is 4.63. The molecule has 0 atom stereocenters. The minimum atomic E-state index is -0.163. The molecule has 0 spiro atoms. The molecule has 4 rings (SSSR count). The first kappa shape index (κ1) is 16.5. The number of halogens is 1. The van der Waals surface area contributed by atoms with E-state index in [0.29, 0.717) is 10.7 Å². The number of allylic oxidation sites excluding steroid dienone is 1. The molecule has 0 saturated carbocycles. The van der Waals surface area contributed by atoms with Crippen LogP contribution in [0.4, 0.5) is 17.2 Å². The Bertz CT molecular complexity index is 1030. The number of carbonyl (C=O) groups excluding carboxylic acids is 1. The number of aromatic nitrogens is 2. The van der Waals surface area contributed by atoms with E-state index in [1.807, 2.05) is 37.3 Å². The van der Waals surface area contributed by atoms with Crippen molar-refractivity contribution < 1.29 is 4.79 Å². The van der Waals surface area contributed by atoms with E-state index in [2.05, 4.69) is 26.3 Å². The normalized spacial score (nSPS) is 13.4. The highest BCUT2D eigenvalue weighted by Crippen LogP contribution is 2.38. The smallest absolute Gasteiger partial charge is 0.248 e. The maximum Gasteiger partial charge on any atom is 0.248 e. The van der Waals surface area contributed by atoms with E-state index >= 15 is 0 Å². The molecule has 1 aliphatic rings. The van der Waals surface area contributed by atoms with Crippen LogP contribution < -0.4 is 10.2 Å². The van der Waals surface area contributed by atoms with Gasteiger partial charge in [-0.05, 0) is 55.3 Å². The van der Waals surface area contributed by atoms with E-state index in [9.17, 15) is 4.79 Å². The average molecular weight is 365 g/mol. The van der Waals surface area contributed by atoms with Gasteiger partial charge in [-0.15, -0.1) is 0 Å². The Hall–Kier alpha value is -2.92. The lowest BCUT2D eigenvalue weighted by Gasteiger charge is -2.20. The zero-order chi connectivity index (χ0) is 18.1. The van der Waals surface area contributed by atoms with Gasteiger partial charge >= 0.3 is 0 Å². The summed E-state index contributed by atoms with van der Waals surface area (Å²) in [6, 6.07) is 11.6. The van der Waals surface area contributed by atoms with Crippen molar-refractivity contribution >= 4 is 45.6 Å². The Kier molecular flexibility index (Phi) is 4.31. The number of nitrogens with one attached hydrogen (secondary N) is 1. The van der Waals surface area contributed by atoms with Crippen molar-refractivity contribution in [2.75, 3.05) is 16.8 Å². The van der Waals surface area contributed by atoms with Crippen LogP contribution in [0.1, 0.15) is 12.5 Å². The van der Waals surface area contributed by atoms with E-state index in [4.69, 9.17) is 11.6 Å². The van der Waals surface area contributed by atoms with Gasteiger partial charge in [-0.1, -0.05) is 23.7 Å². The summed E-state index contributed by atoms with van der Waals surface area (Å²) in [6.07, 6.45) is 5.70. The first-order valence-electron chi connectivity index (χ1n) is 8.40.